The average molecular weight is 614 g/mol. The number of benzene rings is 2. The molecule has 0 radical (unpaired) electrons. The van der Waals surface area contributed by atoms with Gasteiger partial charge in [-0.2, -0.15) is 0 Å². The zero-order valence-electron chi connectivity index (χ0n) is 19.4. The van der Waals surface area contributed by atoms with Crippen molar-refractivity contribution in [2.45, 2.75) is 26.4 Å². The molecule has 7 nitrogen and oxygen atoms in total. The van der Waals surface area contributed by atoms with E-state index in [1.165, 1.54) is 0 Å². The molecule has 0 bridgehead atoms. The van der Waals surface area contributed by atoms with Gasteiger partial charge in [-0.25, -0.2) is 0 Å². The van der Waals surface area contributed by atoms with E-state index >= 15 is 0 Å². The highest BCUT2D eigenvalue weighted by Crippen LogP contribution is 2.38. The third-order valence-corrected chi connectivity index (χ3v) is 7.99. The van der Waals surface area contributed by atoms with Gasteiger partial charge < -0.3 is 14.4 Å². The van der Waals surface area contributed by atoms with Crippen molar-refractivity contribution in [1.82, 2.24) is 9.80 Å². The molecule has 0 aromatic heterocycles. The maximum Gasteiger partial charge on any atom is 0.294 e. The maximum absolute atomic E-state index is 12.9. The SMILES string of the molecule is CCOc1cc(/C=C2/SC(=O)N(CC(=O)N3CCCC3)C2=O)c(Br)cc1OCc1ccc(Cl)c(Cl)c1. The molecule has 2 aliphatic heterocycles. The minimum Gasteiger partial charge on any atom is -0.490 e. The Balaban J connectivity index is 1.52. The lowest BCUT2D eigenvalue weighted by Crippen LogP contribution is -2.40. The largest absolute Gasteiger partial charge is 0.490 e. The van der Waals surface area contributed by atoms with Gasteiger partial charge in [0.1, 0.15) is 13.2 Å². The topological polar surface area (TPSA) is 76.2 Å². The van der Waals surface area contributed by atoms with E-state index in [1.807, 2.05) is 13.0 Å². The maximum atomic E-state index is 12.9. The standard InChI is InChI=1S/C25H23BrCl2N2O5S/c1-2-34-20-10-16(17(26)12-21(20)35-14-15-5-6-18(27)19(28)9-15)11-22-24(32)30(25(33)36-22)13-23(31)29-7-3-4-8-29/h5-6,9-12H,2-4,7-8,13-14H2,1H3/b22-11+. The number of hydrogen-bond donors (Lipinski definition) is 0. The normalized spacial score (nSPS) is 16.8. The molecule has 2 aliphatic rings. The van der Waals surface area contributed by atoms with Gasteiger partial charge in [-0.1, -0.05) is 45.2 Å². The van der Waals surface area contributed by atoms with Gasteiger partial charge in [0.05, 0.1) is 21.6 Å². The van der Waals surface area contributed by atoms with E-state index in [9.17, 15) is 14.4 Å². The van der Waals surface area contributed by atoms with E-state index in [0.717, 1.165) is 35.1 Å². The molecule has 2 fully saturated rings. The summed E-state index contributed by atoms with van der Waals surface area (Å²) in [5, 5.41) is 0.448. The zero-order chi connectivity index (χ0) is 25.8. The first-order valence-corrected chi connectivity index (χ1v) is 13.7. The molecular formula is C25H23BrCl2N2O5S. The predicted molar refractivity (Wildman–Crippen MR) is 145 cm³/mol. The summed E-state index contributed by atoms with van der Waals surface area (Å²) >= 11 is 16.4. The van der Waals surface area contributed by atoms with Crippen molar-refractivity contribution >= 4 is 74.0 Å². The molecule has 2 aromatic carbocycles. The third kappa shape index (κ3) is 6.19. The smallest absolute Gasteiger partial charge is 0.294 e. The second kappa shape index (κ2) is 11.9. The summed E-state index contributed by atoms with van der Waals surface area (Å²) in [6, 6.07) is 8.74. The summed E-state index contributed by atoms with van der Waals surface area (Å²) in [5.74, 6) is 0.286. The van der Waals surface area contributed by atoms with Crippen molar-refractivity contribution in [1.29, 1.82) is 0 Å². The summed E-state index contributed by atoms with van der Waals surface area (Å²) < 4.78 is 12.4. The first kappa shape index (κ1) is 26.9. The monoisotopic (exact) mass is 612 g/mol. The van der Waals surface area contributed by atoms with Crippen LogP contribution in [0.25, 0.3) is 6.08 Å². The summed E-state index contributed by atoms with van der Waals surface area (Å²) in [6.45, 7) is 3.59. The minimum absolute atomic E-state index is 0.209. The predicted octanol–water partition coefficient (Wildman–Crippen LogP) is 6.39. The Labute approximate surface area is 231 Å². The fourth-order valence-electron chi connectivity index (χ4n) is 3.81. The molecule has 0 atom stereocenters. The van der Waals surface area contributed by atoms with E-state index in [1.54, 1.807) is 35.2 Å². The lowest BCUT2D eigenvalue weighted by Gasteiger charge is -2.18. The minimum atomic E-state index is -0.484. The number of halogens is 3. The highest BCUT2D eigenvalue weighted by Gasteiger charge is 2.37. The molecule has 0 unspecified atom stereocenters. The first-order chi connectivity index (χ1) is 17.3. The van der Waals surface area contributed by atoms with Crippen molar-refractivity contribution in [2.24, 2.45) is 0 Å². The number of hydrogen-bond acceptors (Lipinski definition) is 6. The first-order valence-electron chi connectivity index (χ1n) is 11.3. The van der Waals surface area contributed by atoms with Gasteiger partial charge in [0.2, 0.25) is 5.91 Å². The Kier molecular flexibility index (Phi) is 8.87. The number of carbonyl (C=O) groups is 3. The molecule has 0 saturated carbocycles. The average Bonchev–Trinajstić information content (AvgIpc) is 3.47. The summed E-state index contributed by atoms with van der Waals surface area (Å²) in [6.07, 6.45) is 3.49. The summed E-state index contributed by atoms with van der Waals surface area (Å²) in [5.41, 5.74) is 1.47. The third-order valence-electron chi connectivity index (χ3n) is 5.65. The van der Waals surface area contributed by atoms with Crippen LogP contribution < -0.4 is 9.47 Å². The number of nitrogens with zero attached hydrogens (tertiary/aromatic N) is 2. The second-order valence-electron chi connectivity index (χ2n) is 8.15. The van der Waals surface area contributed by atoms with Crippen molar-refractivity contribution in [3.63, 3.8) is 0 Å². The van der Waals surface area contributed by atoms with Crippen LogP contribution in [-0.4, -0.2) is 53.1 Å². The van der Waals surface area contributed by atoms with Crippen LogP contribution in [0.2, 0.25) is 10.0 Å². The number of likely N-dealkylation sites (tertiary alicyclic amines) is 1. The van der Waals surface area contributed by atoms with Gasteiger partial charge in [-0.05, 0) is 73.0 Å². The molecule has 2 saturated heterocycles. The van der Waals surface area contributed by atoms with Gasteiger partial charge in [0.25, 0.3) is 11.1 Å². The van der Waals surface area contributed by atoms with Crippen LogP contribution in [0.1, 0.15) is 30.9 Å². The van der Waals surface area contributed by atoms with Gasteiger partial charge in [-0.3, -0.25) is 19.3 Å². The van der Waals surface area contributed by atoms with Gasteiger partial charge >= 0.3 is 0 Å². The lowest BCUT2D eigenvalue weighted by molar-refractivity contribution is -0.135. The number of ether oxygens (including phenoxy) is 2. The Hall–Kier alpha value is -2.20. The van der Waals surface area contributed by atoms with Crippen molar-refractivity contribution in [3.05, 3.63) is 60.9 Å². The van der Waals surface area contributed by atoms with Gasteiger partial charge in [-0.15, -0.1) is 0 Å². The van der Waals surface area contributed by atoms with Crippen LogP contribution in [0.4, 0.5) is 4.79 Å². The van der Waals surface area contributed by atoms with E-state index in [2.05, 4.69) is 15.9 Å². The number of thioether (sulfide) groups is 1. The molecule has 0 spiro atoms. The Bertz CT molecular complexity index is 1230. The molecule has 2 heterocycles. The quantitative estimate of drug-likeness (QED) is 0.321. The van der Waals surface area contributed by atoms with Crippen LogP contribution in [0.5, 0.6) is 11.5 Å². The molecule has 0 aliphatic carbocycles. The second-order valence-corrected chi connectivity index (χ2v) is 10.8. The van der Waals surface area contributed by atoms with Crippen LogP contribution >= 0.6 is 50.9 Å². The van der Waals surface area contributed by atoms with Gasteiger partial charge in [0, 0.05) is 17.6 Å². The molecule has 3 amide bonds. The fourth-order valence-corrected chi connectivity index (χ4v) is 5.40. The number of amides is 3. The van der Waals surface area contributed by atoms with Crippen LogP contribution in [0.15, 0.2) is 39.7 Å². The van der Waals surface area contributed by atoms with Crippen LogP contribution in [0, 0.1) is 0 Å². The fraction of sp³-hybridized carbons (Fsp3) is 0.320. The Morgan fingerprint density at radius 1 is 1.08 bits per heavy atom. The van der Waals surface area contributed by atoms with Crippen LogP contribution in [-0.2, 0) is 16.2 Å². The molecule has 190 valence electrons. The van der Waals surface area contributed by atoms with E-state index in [0.29, 0.717) is 51.3 Å². The van der Waals surface area contributed by atoms with Crippen LogP contribution in [0.3, 0.4) is 0 Å². The van der Waals surface area contributed by atoms with Crippen molar-refractivity contribution in [2.75, 3.05) is 26.2 Å². The lowest BCUT2D eigenvalue weighted by atomic mass is 10.1. The molecule has 2 aromatic rings. The Morgan fingerprint density at radius 2 is 1.81 bits per heavy atom. The van der Waals surface area contributed by atoms with E-state index in [-0.39, 0.29) is 24.0 Å². The number of carbonyl (C=O) groups excluding carboxylic acids is 3. The molecule has 4 rings (SSSR count). The van der Waals surface area contributed by atoms with Crippen molar-refractivity contribution in [3.8, 4) is 11.5 Å². The zero-order valence-corrected chi connectivity index (χ0v) is 23.3. The molecular weight excluding hydrogens is 591 g/mol. The Morgan fingerprint density at radius 3 is 2.50 bits per heavy atom. The van der Waals surface area contributed by atoms with Gasteiger partial charge in [0.15, 0.2) is 11.5 Å². The summed E-state index contributed by atoms with van der Waals surface area (Å²) in [7, 11) is 0. The summed E-state index contributed by atoms with van der Waals surface area (Å²) in [4.78, 5) is 40.8. The van der Waals surface area contributed by atoms with Crippen molar-refractivity contribution < 1.29 is 23.9 Å². The molecule has 0 N–H and O–H groups in total. The highest BCUT2D eigenvalue weighted by molar-refractivity contribution is 9.10. The van der Waals surface area contributed by atoms with E-state index < -0.39 is 11.1 Å². The number of imide groups is 1. The number of rotatable bonds is 8. The molecule has 11 heteroatoms. The molecule has 36 heavy (non-hydrogen) atoms. The highest BCUT2D eigenvalue weighted by atomic mass is 79.9. The van der Waals surface area contributed by atoms with E-state index in [4.69, 9.17) is 32.7 Å².